The fourth-order valence-electron chi connectivity index (χ4n) is 6.59. The van der Waals surface area contributed by atoms with E-state index in [0.29, 0.717) is 37.8 Å². The van der Waals surface area contributed by atoms with E-state index in [9.17, 15) is 23.6 Å². The lowest BCUT2D eigenvalue weighted by Gasteiger charge is -2.44. The second-order valence-electron chi connectivity index (χ2n) is 12.2. The number of carbonyl (C=O) groups is 4. The van der Waals surface area contributed by atoms with Gasteiger partial charge in [0.25, 0.3) is 0 Å². The number of hydrogen-bond acceptors (Lipinski definition) is 5. The summed E-state index contributed by atoms with van der Waals surface area (Å²) in [6.45, 7) is 5.37. The molecule has 3 aromatic rings. The Morgan fingerprint density at radius 3 is 2.39 bits per heavy atom. The van der Waals surface area contributed by atoms with Gasteiger partial charge in [0.15, 0.2) is 0 Å². The first kappa shape index (κ1) is 33.1. The molecule has 0 aliphatic carbocycles. The minimum Gasteiger partial charge on any atom is -0.355 e. The lowest BCUT2D eigenvalue weighted by molar-refractivity contribution is -0.157. The van der Waals surface area contributed by atoms with Crippen LogP contribution in [0.5, 0.6) is 0 Å². The van der Waals surface area contributed by atoms with E-state index in [4.69, 9.17) is 0 Å². The minimum atomic E-state index is -0.934. The van der Waals surface area contributed by atoms with Crippen LogP contribution in [0.2, 0.25) is 0 Å². The largest absolute Gasteiger partial charge is 0.355 e. The molecule has 0 radical (unpaired) electrons. The van der Waals surface area contributed by atoms with Gasteiger partial charge in [0, 0.05) is 32.5 Å². The van der Waals surface area contributed by atoms with Crippen molar-refractivity contribution in [3.63, 3.8) is 0 Å². The molecule has 2 saturated heterocycles. The Hall–Kier alpha value is -4.31. The molecule has 3 aromatic carbocycles. The number of fused-ring (bicyclic) bond motifs is 1. The molecule has 0 bridgehead atoms. The van der Waals surface area contributed by atoms with Gasteiger partial charge in [0.2, 0.25) is 23.6 Å². The zero-order chi connectivity index (χ0) is 32.6. The number of rotatable bonds is 12. The first-order chi connectivity index (χ1) is 22.3. The summed E-state index contributed by atoms with van der Waals surface area (Å²) in [7, 11) is 0. The zero-order valence-electron chi connectivity index (χ0n) is 26.6. The number of amides is 4. The molecular formula is C36H44FN5O4. The highest BCUT2D eigenvalue weighted by Crippen LogP contribution is 2.24. The SMILES string of the molecule is CCC[C@H]1C(=O)N(C(Cc2ccc3ccccc3c2)C(=O)NCC)CCN1C(=O)[C@@H](Cc1ccc(F)cc1)NC(=O)C1CCCN1. The maximum Gasteiger partial charge on any atom is 0.246 e. The highest BCUT2D eigenvalue weighted by atomic mass is 19.1. The van der Waals surface area contributed by atoms with E-state index in [1.54, 1.807) is 21.9 Å². The predicted molar refractivity (Wildman–Crippen MR) is 175 cm³/mol. The van der Waals surface area contributed by atoms with Gasteiger partial charge in [-0.2, -0.15) is 0 Å². The Bertz CT molecular complexity index is 1540. The number of nitrogens with zero attached hydrogens (tertiary/aromatic N) is 2. The zero-order valence-corrected chi connectivity index (χ0v) is 26.6. The van der Waals surface area contributed by atoms with Crippen molar-refractivity contribution in [3.05, 3.63) is 83.7 Å². The monoisotopic (exact) mass is 629 g/mol. The third-order valence-electron chi connectivity index (χ3n) is 8.99. The molecule has 2 unspecified atom stereocenters. The van der Waals surface area contributed by atoms with E-state index < -0.39 is 18.1 Å². The number of nitrogens with one attached hydrogen (secondary N) is 3. The highest BCUT2D eigenvalue weighted by Gasteiger charge is 2.43. The molecular weight excluding hydrogens is 585 g/mol. The maximum atomic E-state index is 14.2. The quantitative estimate of drug-likeness (QED) is 0.285. The molecule has 0 saturated carbocycles. The van der Waals surface area contributed by atoms with Crippen LogP contribution in [0, 0.1) is 5.82 Å². The van der Waals surface area contributed by atoms with E-state index in [-0.39, 0.29) is 55.0 Å². The predicted octanol–water partition coefficient (Wildman–Crippen LogP) is 3.35. The molecule has 2 heterocycles. The van der Waals surface area contributed by atoms with Crippen LogP contribution >= 0.6 is 0 Å². The second-order valence-corrected chi connectivity index (χ2v) is 12.2. The van der Waals surface area contributed by atoms with Crippen LogP contribution in [-0.2, 0) is 32.0 Å². The smallest absolute Gasteiger partial charge is 0.246 e. The summed E-state index contributed by atoms with van der Waals surface area (Å²) < 4.78 is 13.7. The summed E-state index contributed by atoms with van der Waals surface area (Å²) in [6.07, 6.45) is 3.11. The van der Waals surface area contributed by atoms with Gasteiger partial charge in [-0.1, -0.05) is 67.9 Å². The standard InChI is InChI=1S/C36H44FN5O4/c1-3-8-31-36(46)42(32(34(44)38-4-2)23-25-12-15-26-9-5-6-10-27(26)21-25)20-19-41(31)35(45)30(22-24-13-16-28(37)17-14-24)40-33(43)29-11-7-18-39-29/h5-6,9-10,12-17,21,29-32,39H,3-4,7-8,11,18-20,22-23H2,1-2H3,(H,38,44)(H,40,43)/t29?,30-,31+,32?/m1/s1. The molecule has 10 heteroatoms. The molecule has 4 atom stereocenters. The second kappa shape index (κ2) is 15.3. The average Bonchev–Trinajstić information content (AvgIpc) is 3.61. The molecule has 9 nitrogen and oxygen atoms in total. The first-order valence-electron chi connectivity index (χ1n) is 16.4. The normalized spacial score (nSPS) is 19.6. The number of likely N-dealkylation sites (N-methyl/N-ethyl adjacent to an activating group) is 1. The van der Waals surface area contributed by atoms with E-state index in [1.165, 1.54) is 12.1 Å². The lowest BCUT2D eigenvalue weighted by Crippen LogP contribution is -2.66. The van der Waals surface area contributed by atoms with E-state index in [2.05, 4.69) is 22.0 Å². The molecule has 46 heavy (non-hydrogen) atoms. The van der Waals surface area contributed by atoms with Crippen LogP contribution < -0.4 is 16.0 Å². The summed E-state index contributed by atoms with van der Waals surface area (Å²) >= 11 is 0. The Morgan fingerprint density at radius 1 is 0.957 bits per heavy atom. The van der Waals surface area contributed by atoms with Crippen LogP contribution in [0.4, 0.5) is 4.39 Å². The van der Waals surface area contributed by atoms with Crippen molar-refractivity contribution in [3.8, 4) is 0 Å². The third kappa shape index (κ3) is 7.73. The van der Waals surface area contributed by atoms with E-state index >= 15 is 0 Å². The molecule has 2 fully saturated rings. The fraction of sp³-hybridized carbons (Fsp3) is 0.444. The number of carbonyl (C=O) groups excluding carboxylic acids is 4. The number of halogens is 1. The van der Waals surface area contributed by atoms with Crippen molar-refractivity contribution in [2.24, 2.45) is 0 Å². The van der Waals surface area contributed by atoms with Crippen molar-refractivity contribution >= 4 is 34.4 Å². The molecule has 2 aliphatic heterocycles. The Kier molecular flexibility index (Phi) is 11.0. The molecule has 5 rings (SSSR count). The van der Waals surface area contributed by atoms with Crippen LogP contribution in [0.25, 0.3) is 10.8 Å². The van der Waals surface area contributed by atoms with Crippen LogP contribution in [0.3, 0.4) is 0 Å². The number of benzene rings is 3. The first-order valence-corrected chi connectivity index (χ1v) is 16.4. The summed E-state index contributed by atoms with van der Waals surface area (Å²) in [5.74, 6) is -1.51. The molecule has 244 valence electrons. The Morgan fingerprint density at radius 2 is 1.70 bits per heavy atom. The van der Waals surface area contributed by atoms with Crippen molar-refractivity contribution in [1.82, 2.24) is 25.8 Å². The van der Waals surface area contributed by atoms with Gasteiger partial charge in [-0.25, -0.2) is 4.39 Å². The van der Waals surface area contributed by atoms with Gasteiger partial charge >= 0.3 is 0 Å². The van der Waals surface area contributed by atoms with Crippen molar-refractivity contribution in [1.29, 1.82) is 0 Å². The van der Waals surface area contributed by atoms with Gasteiger partial charge in [-0.15, -0.1) is 0 Å². The topological polar surface area (TPSA) is 111 Å². The molecule has 2 aliphatic rings. The maximum absolute atomic E-state index is 14.2. The molecule has 0 aromatic heterocycles. The summed E-state index contributed by atoms with van der Waals surface area (Å²) in [6, 6.07) is 17.1. The van der Waals surface area contributed by atoms with Gasteiger partial charge in [-0.05, 0) is 66.8 Å². The average molecular weight is 630 g/mol. The number of piperazine rings is 1. The molecule has 3 N–H and O–H groups in total. The van der Waals surface area contributed by atoms with Crippen LogP contribution in [-0.4, -0.2) is 83.8 Å². The van der Waals surface area contributed by atoms with Gasteiger partial charge in [-0.3, -0.25) is 19.2 Å². The van der Waals surface area contributed by atoms with E-state index in [0.717, 1.165) is 29.3 Å². The molecule has 0 spiro atoms. The van der Waals surface area contributed by atoms with Crippen molar-refractivity contribution in [2.45, 2.75) is 76.5 Å². The lowest BCUT2D eigenvalue weighted by atomic mass is 9.96. The fourth-order valence-corrected chi connectivity index (χ4v) is 6.59. The molecule has 4 amide bonds. The van der Waals surface area contributed by atoms with Gasteiger partial charge in [0.05, 0.1) is 6.04 Å². The van der Waals surface area contributed by atoms with Crippen LogP contribution in [0.1, 0.15) is 50.7 Å². The third-order valence-corrected chi connectivity index (χ3v) is 8.99. The number of hydrogen-bond donors (Lipinski definition) is 3. The summed E-state index contributed by atoms with van der Waals surface area (Å²) in [5, 5.41) is 11.2. The summed E-state index contributed by atoms with van der Waals surface area (Å²) in [5.41, 5.74) is 1.64. The van der Waals surface area contributed by atoms with Gasteiger partial charge in [0.1, 0.15) is 23.9 Å². The van der Waals surface area contributed by atoms with Crippen molar-refractivity contribution < 1.29 is 23.6 Å². The minimum absolute atomic E-state index is 0.161. The van der Waals surface area contributed by atoms with E-state index in [1.807, 2.05) is 50.2 Å². The Balaban J connectivity index is 1.39. The highest BCUT2D eigenvalue weighted by molar-refractivity contribution is 5.96. The van der Waals surface area contributed by atoms with Gasteiger partial charge < -0.3 is 25.8 Å². The summed E-state index contributed by atoms with van der Waals surface area (Å²) in [4.78, 5) is 58.3. The van der Waals surface area contributed by atoms with Crippen molar-refractivity contribution in [2.75, 3.05) is 26.2 Å². The Labute approximate surface area is 269 Å². The van der Waals surface area contributed by atoms with Crippen LogP contribution in [0.15, 0.2) is 66.7 Å².